The first-order chi connectivity index (χ1) is 8.75. The van der Waals surface area contributed by atoms with Crippen molar-refractivity contribution < 1.29 is 9.53 Å². The monoisotopic (exact) mass is 278 g/mol. The van der Waals surface area contributed by atoms with E-state index in [9.17, 15) is 4.79 Å². The van der Waals surface area contributed by atoms with Crippen LogP contribution in [0.15, 0.2) is 35.7 Å². The number of thiophene rings is 2. The Morgan fingerprint density at radius 1 is 1.33 bits per heavy atom. The van der Waals surface area contributed by atoms with Crippen molar-refractivity contribution in [2.45, 2.75) is 13.3 Å². The van der Waals surface area contributed by atoms with E-state index < -0.39 is 0 Å². The molecule has 2 rings (SSSR count). The maximum Gasteiger partial charge on any atom is 0.302 e. The molecule has 2 nitrogen and oxygen atoms in total. The maximum atomic E-state index is 10.6. The summed E-state index contributed by atoms with van der Waals surface area (Å²) in [5.41, 5.74) is 0. The van der Waals surface area contributed by atoms with Crippen LogP contribution in [0.4, 0.5) is 0 Å². The number of carbonyl (C=O) groups is 1. The molecule has 94 valence electrons. The Morgan fingerprint density at radius 3 is 2.94 bits per heavy atom. The van der Waals surface area contributed by atoms with Gasteiger partial charge in [-0.05, 0) is 36.1 Å². The predicted molar refractivity (Wildman–Crippen MR) is 77.9 cm³/mol. The summed E-state index contributed by atoms with van der Waals surface area (Å²) in [4.78, 5) is 14.4. The van der Waals surface area contributed by atoms with Gasteiger partial charge in [0.05, 0.1) is 6.61 Å². The van der Waals surface area contributed by atoms with Crippen LogP contribution in [0.1, 0.15) is 18.2 Å². The number of hydrogen-bond donors (Lipinski definition) is 0. The van der Waals surface area contributed by atoms with E-state index in [0.29, 0.717) is 6.61 Å². The van der Waals surface area contributed by atoms with E-state index in [2.05, 4.69) is 35.7 Å². The zero-order valence-corrected chi connectivity index (χ0v) is 11.7. The van der Waals surface area contributed by atoms with Crippen molar-refractivity contribution >= 4 is 34.7 Å². The molecule has 0 saturated heterocycles. The Kier molecular flexibility index (Phi) is 4.73. The number of carbonyl (C=O) groups excluding carboxylic acids is 1. The van der Waals surface area contributed by atoms with Gasteiger partial charge >= 0.3 is 5.97 Å². The highest BCUT2D eigenvalue weighted by atomic mass is 32.1. The van der Waals surface area contributed by atoms with Gasteiger partial charge < -0.3 is 4.74 Å². The second-order valence-corrected chi connectivity index (χ2v) is 5.77. The highest BCUT2D eigenvalue weighted by Gasteiger charge is 2.01. The normalized spacial score (nSPS) is 10.9. The van der Waals surface area contributed by atoms with Crippen LogP contribution in [0.25, 0.3) is 15.8 Å². The summed E-state index contributed by atoms with van der Waals surface area (Å²) in [7, 11) is 0. The molecule has 0 unspecified atom stereocenters. The lowest BCUT2D eigenvalue weighted by molar-refractivity contribution is -0.140. The minimum atomic E-state index is -0.223. The van der Waals surface area contributed by atoms with Gasteiger partial charge in [-0.25, -0.2) is 0 Å². The Bertz CT molecular complexity index is 524. The van der Waals surface area contributed by atoms with Gasteiger partial charge in [0.15, 0.2) is 0 Å². The molecule has 0 amide bonds. The first kappa shape index (κ1) is 13.1. The topological polar surface area (TPSA) is 26.3 Å². The summed E-state index contributed by atoms with van der Waals surface area (Å²) in [6.07, 6.45) is 4.87. The van der Waals surface area contributed by atoms with Gasteiger partial charge in [0.25, 0.3) is 0 Å². The summed E-state index contributed by atoms with van der Waals surface area (Å²) in [5, 5.41) is 2.09. The number of rotatable bonds is 5. The first-order valence-electron chi connectivity index (χ1n) is 5.69. The standard InChI is InChI=1S/C14H14O2S2/c1-11(15)16-9-3-2-5-12-7-8-14(18-12)13-6-4-10-17-13/h2,4-8,10H,3,9H2,1H3/b5-2+. The van der Waals surface area contributed by atoms with Crippen molar-refractivity contribution in [1.29, 1.82) is 0 Å². The van der Waals surface area contributed by atoms with E-state index in [1.807, 2.05) is 6.08 Å². The van der Waals surface area contributed by atoms with Gasteiger partial charge in [0.2, 0.25) is 0 Å². The molecule has 0 N–H and O–H groups in total. The summed E-state index contributed by atoms with van der Waals surface area (Å²) >= 11 is 3.52. The van der Waals surface area contributed by atoms with Gasteiger partial charge in [0, 0.05) is 21.6 Å². The van der Waals surface area contributed by atoms with Gasteiger partial charge in [0.1, 0.15) is 0 Å². The zero-order chi connectivity index (χ0) is 12.8. The molecule has 0 fully saturated rings. The SMILES string of the molecule is CC(=O)OCC/C=C/c1ccc(-c2cccs2)s1. The van der Waals surface area contributed by atoms with Crippen molar-refractivity contribution in [3.05, 3.63) is 40.6 Å². The van der Waals surface area contributed by atoms with E-state index >= 15 is 0 Å². The lowest BCUT2D eigenvalue weighted by Crippen LogP contribution is -1.98. The quantitative estimate of drug-likeness (QED) is 0.597. The van der Waals surface area contributed by atoms with Crippen molar-refractivity contribution in [2.24, 2.45) is 0 Å². The van der Waals surface area contributed by atoms with E-state index in [1.165, 1.54) is 21.6 Å². The molecule has 0 aromatic carbocycles. The van der Waals surface area contributed by atoms with Crippen LogP contribution in [0, 0.1) is 0 Å². The summed E-state index contributed by atoms with van der Waals surface area (Å²) in [6.45, 7) is 1.88. The van der Waals surface area contributed by atoms with Gasteiger partial charge in [-0.2, -0.15) is 0 Å². The summed E-state index contributed by atoms with van der Waals surface area (Å²) in [6, 6.07) is 8.45. The Morgan fingerprint density at radius 2 is 2.22 bits per heavy atom. The molecule has 0 bridgehead atoms. The van der Waals surface area contributed by atoms with Crippen LogP contribution >= 0.6 is 22.7 Å². The molecule has 0 aliphatic heterocycles. The highest BCUT2D eigenvalue weighted by molar-refractivity contribution is 7.21. The molecule has 18 heavy (non-hydrogen) atoms. The van der Waals surface area contributed by atoms with Crippen molar-refractivity contribution in [3.8, 4) is 9.75 Å². The minimum absolute atomic E-state index is 0.223. The second-order valence-electron chi connectivity index (χ2n) is 3.71. The molecule has 2 aromatic rings. The molecule has 0 saturated carbocycles. The number of ether oxygens (including phenoxy) is 1. The highest BCUT2D eigenvalue weighted by Crippen LogP contribution is 2.31. The number of esters is 1. The Labute approximate surface area is 115 Å². The fourth-order valence-electron chi connectivity index (χ4n) is 1.46. The average molecular weight is 278 g/mol. The fourth-order valence-corrected chi connectivity index (χ4v) is 3.24. The van der Waals surface area contributed by atoms with Crippen LogP contribution in [0.2, 0.25) is 0 Å². The molecular formula is C14H14O2S2. The van der Waals surface area contributed by atoms with Crippen LogP contribution in [-0.4, -0.2) is 12.6 Å². The van der Waals surface area contributed by atoms with Crippen LogP contribution < -0.4 is 0 Å². The van der Waals surface area contributed by atoms with Crippen molar-refractivity contribution in [3.63, 3.8) is 0 Å². The molecule has 0 aliphatic rings. The molecule has 2 aromatic heterocycles. The van der Waals surface area contributed by atoms with Gasteiger partial charge in [-0.1, -0.05) is 12.1 Å². The lowest BCUT2D eigenvalue weighted by Gasteiger charge is -1.96. The third-order valence-corrected chi connectivity index (χ3v) is 4.38. The molecule has 0 aliphatic carbocycles. The number of hydrogen-bond acceptors (Lipinski definition) is 4. The van der Waals surface area contributed by atoms with Crippen LogP contribution in [0.3, 0.4) is 0 Å². The van der Waals surface area contributed by atoms with Crippen molar-refractivity contribution in [2.75, 3.05) is 6.61 Å². The largest absolute Gasteiger partial charge is 0.466 e. The van der Waals surface area contributed by atoms with Gasteiger partial charge in [-0.15, -0.1) is 22.7 Å². The average Bonchev–Trinajstić information content (AvgIpc) is 2.98. The third-order valence-electron chi connectivity index (χ3n) is 2.26. The van der Waals surface area contributed by atoms with Crippen LogP contribution in [-0.2, 0) is 9.53 Å². The zero-order valence-electron chi connectivity index (χ0n) is 10.1. The molecule has 0 atom stereocenters. The van der Waals surface area contributed by atoms with E-state index in [4.69, 9.17) is 4.74 Å². The van der Waals surface area contributed by atoms with Crippen molar-refractivity contribution in [1.82, 2.24) is 0 Å². The Hall–Kier alpha value is -1.39. The molecule has 4 heteroatoms. The second kappa shape index (κ2) is 6.52. The molecule has 2 heterocycles. The molecular weight excluding hydrogens is 264 g/mol. The summed E-state index contributed by atoms with van der Waals surface area (Å²) in [5.74, 6) is -0.223. The summed E-state index contributed by atoms with van der Waals surface area (Å²) < 4.78 is 4.86. The lowest BCUT2D eigenvalue weighted by atomic mass is 10.3. The smallest absolute Gasteiger partial charge is 0.302 e. The van der Waals surface area contributed by atoms with E-state index in [0.717, 1.165) is 6.42 Å². The minimum Gasteiger partial charge on any atom is -0.466 e. The van der Waals surface area contributed by atoms with E-state index in [-0.39, 0.29) is 5.97 Å². The predicted octanol–water partition coefficient (Wildman–Crippen LogP) is 4.44. The molecule has 0 spiro atoms. The van der Waals surface area contributed by atoms with E-state index in [1.54, 1.807) is 22.7 Å². The molecule has 0 radical (unpaired) electrons. The third kappa shape index (κ3) is 3.82. The maximum absolute atomic E-state index is 10.6. The first-order valence-corrected chi connectivity index (χ1v) is 7.39. The van der Waals surface area contributed by atoms with Gasteiger partial charge in [-0.3, -0.25) is 4.79 Å². The Balaban J connectivity index is 1.87. The van der Waals surface area contributed by atoms with Crippen LogP contribution in [0.5, 0.6) is 0 Å². The fraction of sp³-hybridized carbons (Fsp3) is 0.214.